The van der Waals surface area contributed by atoms with Gasteiger partial charge in [0.25, 0.3) is 0 Å². The number of hydrogen-bond acceptors (Lipinski definition) is 3. The minimum atomic E-state index is 0.466. The second-order valence-electron chi connectivity index (χ2n) is 4.38. The van der Waals surface area contributed by atoms with E-state index in [2.05, 4.69) is 22.6 Å². The maximum atomic E-state index is 5.99. The summed E-state index contributed by atoms with van der Waals surface area (Å²) in [4.78, 5) is 0. The topological polar surface area (TPSA) is 38.1 Å². The van der Waals surface area contributed by atoms with Crippen molar-refractivity contribution in [1.29, 1.82) is 0 Å². The SMILES string of the molecule is Clc1ccc2c(c1)CC(NCc1ccno1)C2. The number of benzene rings is 1. The van der Waals surface area contributed by atoms with E-state index in [-0.39, 0.29) is 0 Å². The first-order valence-electron chi connectivity index (χ1n) is 5.71. The second kappa shape index (κ2) is 4.51. The lowest BCUT2D eigenvalue weighted by molar-refractivity contribution is 0.363. The fraction of sp³-hybridized carbons (Fsp3) is 0.308. The van der Waals surface area contributed by atoms with E-state index in [0.717, 1.165) is 30.2 Å². The van der Waals surface area contributed by atoms with Gasteiger partial charge in [-0.15, -0.1) is 0 Å². The molecule has 1 N–H and O–H groups in total. The van der Waals surface area contributed by atoms with Gasteiger partial charge in [0.05, 0.1) is 12.7 Å². The highest BCUT2D eigenvalue weighted by Gasteiger charge is 2.21. The van der Waals surface area contributed by atoms with Crippen molar-refractivity contribution in [1.82, 2.24) is 10.5 Å². The van der Waals surface area contributed by atoms with Gasteiger partial charge in [0.1, 0.15) is 5.76 Å². The van der Waals surface area contributed by atoms with Crippen molar-refractivity contribution >= 4 is 11.6 Å². The summed E-state index contributed by atoms with van der Waals surface area (Å²) in [5.74, 6) is 0.874. The predicted octanol–water partition coefficient (Wildman–Crippen LogP) is 2.59. The average molecular weight is 249 g/mol. The predicted molar refractivity (Wildman–Crippen MR) is 66.0 cm³/mol. The summed E-state index contributed by atoms with van der Waals surface area (Å²) in [6, 6.07) is 8.49. The van der Waals surface area contributed by atoms with Crippen LogP contribution < -0.4 is 5.32 Å². The molecule has 1 unspecified atom stereocenters. The molecule has 3 nitrogen and oxygen atoms in total. The van der Waals surface area contributed by atoms with Crippen molar-refractivity contribution in [3.63, 3.8) is 0 Å². The molecule has 17 heavy (non-hydrogen) atoms. The van der Waals surface area contributed by atoms with Gasteiger partial charge in [0.2, 0.25) is 0 Å². The van der Waals surface area contributed by atoms with Crippen molar-refractivity contribution in [2.24, 2.45) is 0 Å². The molecule has 1 aliphatic carbocycles. The Morgan fingerprint density at radius 2 is 2.18 bits per heavy atom. The summed E-state index contributed by atoms with van der Waals surface area (Å²) in [7, 11) is 0. The number of hydrogen-bond donors (Lipinski definition) is 1. The van der Waals surface area contributed by atoms with E-state index >= 15 is 0 Å². The van der Waals surface area contributed by atoms with E-state index in [1.165, 1.54) is 11.1 Å². The zero-order valence-electron chi connectivity index (χ0n) is 9.32. The molecule has 0 saturated carbocycles. The Bertz CT molecular complexity index is 510. The molecule has 0 aliphatic heterocycles. The molecule has 88 valence electrons. The van der Waals surface area contributed by atoms with E-state index in [0.29, 0.717) is 6.04 Å². The molecular weight excluding hydrogens is 236 g/mol. The van der Waals surface area contributed by atoms with Gasteiger partial charge in [-0.25, -0.2) is 0 Å². The van der Waals surface area contributed by atoms with E-state index in [4.69, 9.17) is 16.1 Å². The van der Waals surface area contributed by atoms with Crippen LogP contribution in [0.15, 0.2) is 35.0 Å². The van der Waals surface area contributed by atoms with Crippen LogP contribution in [0, 0.1) is 0 Å². The zero-order valence-corrected chi connectivity index (χ0v) is 10.1. The van der Waals surface area contributed by atoms with Crippen molar-refractivity contribution in [3.05, 3.63) is 52.4 Å². The molecule has 0 saturated heterocycles. The molecule has 0 bridgehead atoms. The lowest BCUT2D eigenvalue weighted by Gasteiger charge is -2.09. The Kier molecular flexibility index (Phi) is 2.87. The Morgan fingerprint density at radius 3 is 3.00 bits per heavy atom. The van der Waals surface area contributed by atoms with Crippen molar-refractivity contribution in [2.75, 3.05) is 0 Å². The van der Waals surface area contributed by atoms with Gasteiger partial charge >= 0.3 is 0 Å². The molecule has 0 amide bonds. The Morgan fingerprint density at radius 1 is 1.29 bits per heavy atom. The average Bonchev–Trinajstić information content (AvgIpc) is 2.94. The van der Waals surface area contributed by atoms with Crippen molar-refractivity contribution in [3.8, 4) is 0 Å². The summed E-state index contributed by atoms with van der Waals surface area (Å²) in [6.45, 7) is 0.729. The summed E-state index contributed by atoms with van der Waals surface area (Å²) >= 11 is 5.99. The lowest BCUT2D eigenvalue weighted by Crippen LogP contribution is -2.28. The highest BCUT2D eigenvalue weighted by Crippen LogP contribution is 2.25. The van der Waals surface area contributed by atoms with E-state index in [1.54, 1.807) is 6.20 Å². The van der Waals surface area contributed by atoms with Crippen LogP contribution in [0.4, 0.5) is 0 Å². The highest BCUT2D eigenvalue weighted by molar-refractivity contribution is 6.30. The van der Waals surface area contributed by atoms with Gasteiger partial charge in [-0.2, -0.15) is 0 Å². The third-order valence-corrected chi connectivity index (χ3v) is 3.39. The molecule has 1 atom stereocenters. The molecule has 1 aliphatic rings. The fourth-order valence-corrected chi connectivity index (χ4v) is 2.50. The summed E-state index contributed by atoms with van der Waals surface area (Å²) < 4.78 is 5.06. The molecule has 0 fully saturated rings. The number of nitrogens with zero attached hydrogens (tertiary/aromatic N) is 1. The maximum absolute atomic E-state index is 5.99. The van der Waals surface area contributed by atoms with Crippen LogP contribution in [0.2, 0.25) is 5.02 Å². The quantitative estimate of drug-likeness (QED) is 0.907. The minimum Gasteiger partial charge on any atom is -0.360 e. The van der Waals surface area contributed by atoms with Gasteiger partial charge < -0.3 is 9.84 Å². The van der Waals surface area contributed by atoms with Gasteiger partial charge in [-0.1, -0.05) is 22.8 Å². The second-order valence-corrected chi connectivity index (χ2v) is 4.81. The molecule has 0 radical (unpaired) electrons. The minimum absolute atomic E-state index is 0.466. The highest BCUT2D eigenvalue weighted by atomic mass is 35.5. The normalized spacial score (nSPS) is 18.3. The van der Waals surface area contributed by atoms with Crippen LogP contribution in [0.25, 0.3) is 0 Å². The van der Waals surface area contributed by atoms with E-state index in [1.807, 2.05) is 12.1 Å². The van der Waals surface area contributed by atoms with Crippen LogP contribution in [0.5, 0.6) is 0 Å². The summed E-state index contributed by atoms with van der Waals surface area (Å²) in [5, 5.41) is 7.98. The number of halogens is 1. The maximum Gasteiger partial charge on any atom is 0.150 e. The van der Waals surface area contributed by atoms with Crippen LogP contribution in [0.1, 0.15) is 16.9 Å². The zero-order chi connectivity index (χ0) is 11.7. The van der Waals surface area contributed by atoms with Gasteiger partial charge in [-0.3, -0.25) is 0 Å². The molecule has 4 heteroatoms. The lowest BCUT2D eigenvalue weighted by atomic mass is 10.1. The molecule has 3 rings (SSSR count). The third-order valence-electron chi connectivity index (χ3n) is 3.16. The van der Waals surface area contributed by atoms with Crippen LogP contribution in [0.3, 0.4) is 0 Å². The Labute approximate surface area is 105 Å². The molecule has 1 aromatic heterocycles. The van der Waals surface area contributed by atoms with E-state index in [9.17, 15) is 0 Å². The number of fused-ring (bicyclic) bond motifs is 1. The number of rotatable bonds is 3. The first-order valence-corrected chi connectivity index (χ1v) is 6.09. The van der Waals surface area contributed by atoms with Gasteiger partial charge in [-0.05, 0) is 36.1 Å². The molecular formula is C13H13ClN2O. The Hall–Kier alpha value is -1.32. The summed E-state index contributed by atoms with van der Waals surface area (Å²) in [6.07, 6.45) is 3.75. The largest absolute Gasteiger partial charge is 0.360 e. The first kappa shape index (κ1) is 10.8. The first-order chi connectivity index (χ1) is 8.31. The fourth-order valence-electron chi connectivity index (χ4n) is 2.31. The third kappa shape index (κ3) is 2.35. The molecule has 1 heterocycles. The monoisotopic (exact) mass is 248 g/mol. The standard InChI is InChI=1S/C13H13ClN2O/c14-11-2-1-9-6-12(7-10(9)5-11)15-8-13-3-4-16-17-13/h1-5,12,15H,6-8H2. The van der Waals surface area contributed by atoms with Crippen LogP contribution >= 0.6 is 11.6 Å². The summed E-state index contributed by atoms with van der Waals surface area (Å²) in [5.41, 5.74) is 2.75. The molecule has 0 spiro atoms. The smallest absolute Gasteiger partial charge is 0.150 e. The molecule has 1 aromatic carbocycles. The van der Waals surface area contributed by atoms with Crippen LogP contribution in [-0.4, -0.2) is 11.2 Å². The number of nitrogens with one attached hydrogen (secondary N) is 1. The van der Waals surface area contributed by atoms with Crippen molar-refractivity contribution < 1.29 is 4.52 Å². The van der Waals surface area contributed by atoms with Gasteiger partial charge in [0, 0.05) is 17.1 Å². The van der Waals surface area contributed by atoms with E-state index < -0.39 is 0 Å². The molecule has 2 aromatic rings. The number of aromatic nitrogens is 1. The van der Waals surface area contributed by atoms with Crippen LogP contribution in [-0.2, 0) is 19.4 Å². The van der Waals surface area contributed by atoms with Crippen molar-refractivity contribution in [2.45, 2.75) is 25.4 Å². The Balaban J connectivity index is 1.62. The van der Waals surface area contributed by atoms with Gasteiger partial charge in [0.15, 0.2) is 0 Å².